The van der Waals surface area contributed by atoms with Gasteiger partial charge in [0.05, 0.1) is 16.4 Å². The van der Waals surface area contributed by atoms with Crippen LogP contribution in [0.3, 0.4) is 0 Å². The zero-order chi connectivity index (χ0) is 19.7. The maximum absolute atomic E-state index is 12.6. The summed E-state index contributed by atoms with van der Waals surface area (Å²) in [5.41, 5.74) is 5.65. The SMILES string of the molecule is CC(C)C(C)(CN)NC(=O)C1CC(=O)N(c2cccc(S(N)(=O)=O)c2)C1.Cl. The summed E-state index contributed by atoms with van der Waals surface area (Å²) >= 11 is 0. The first-order valence-corrected chi connectivity index (χ1v) is 9.98. The number of benzene rings is 1. The zero-order valence-corrected chi connectivity index (χ0v) is 17.3. The van der Waals surface area contributed by atoms with E-state index in [1.54, 1.807) is 6.07 Å². The molecule has 2 amide bonds. The van der Waals surface area contributed by atoms with Gasteiger partial charge >= 0.3 is 0 Å². The second-order valence-corrected chi connectivity index (χ2v) is 8.77. The Hall–Kier alpha value is -1.68. The van der Waals surface area contributed by atoms with Crippen LogP contribution in [0, 0.1) is 11.8 Å². The van der Waals surface area contributed by atoms with E-state index in [1.165, 1.54) is 23.1 Å². The minimum Gasteiger partial charge on any atom is -0.349 e. The summed E-state index contributed by atoms with van der Waals surface area (Å²) in [5, 5.41) is 8.09. The second-order valence-electron chi connectivity index (χ2n) is 7.21. The number of nitrogens with one attached hydrogen (secondary N) is 1. The van der Waals surface area contributed by atoms with Crippen LogP contribution in [-0.2, 0) is 19.6 Å². The Kier molecular flexibility index (Phi) is 7.40. The number of primary sulfonamides is 1. The smallest absolute Gasteiger partial charge is 0.238 e. The minimum atomic E-state index is -3.87. The Bertz CT molecular complexity index is 815. The topological polar surface area (TPSA) is 136 Å². The molecule has 27 heavy (non-hydrogen) atoms. The quantitative estimate of drug-likeness (QED) is 0.621. The van der Waals surface area contributed by atoms with Crippen LogP contribution in [0.1, 0.15) is 27.2 Å². The first-order valence-electron chi connectivity index (χ1n) is 8.43. The molecule has 0 radical (unpaired) electrons. The molecule has 1 aromatic rings. The second kappa shape index (κ2) is 8.55. The largest absolute Gasteiger partial charge is 0.349 e. The Balaban J connectivity index is 0.00000364. The lowest BCUT2D eigenvalue weighted by Crippen LogP contribution is -2.56. The van der Waals surface area contributed by atoms with Crippen LogP contribution >= 0.6 is 12.4 Å². The van der Waals surface area contributed by atoms with Crippen LogP contribution < -0.4 is 21.1 Å². The molecule has 5 N–H and O–H groups in total. The third-order valence-corrected chi connectivity index (χ3v) is 5.97. The van der Waals surface area contributed by atoms with E-state index < -0.39 is 21.5 Å². The zero-order valence-electron chi connectivity index (χ0n) is 15.6. The van der Waals surface area contributed by atoms with Gasteiger partial charge in [-0.2, -0.15) is 0 Å². The van der Waals surface area contributed by atoms with E-state index >= 15 is 0 Å². The molecule has 2 atom stereocenters. The molecule has 0 bridgehead atoms. The van der Waals surface area contributed by atoms with Gasteiger partial charge in [-0.3, -0.25) is 9.59 Å². The van der Waals surface area contributed by atoms with Gasteiger partial charge in [0, 0.05) is 25.2 Å². The van der Waals surface area contributed by atoms with Gasteiger partial charge in [0.1, 0.15) is 0 Å². The van der Waals surface area contributed by atoms with E-state index in [0.29, 0.717) is 5.69 Å². The number of halogens is 1. The fourth-order valence-corrected chi connectivity index (χ4v) is 3.33. The molecule has 0 spiro atoms. The highest BCUT2D eigenvalue weighted by molar-refractivity contribution is 7.89. The Morgan fingerprint density at radius 3 is 2.56 bits per heavy atom. The molecule has 0 aliphatic carbocycles. The van der Waals surface area contributed by atoms with E-state index in [2.05, 4.69) is 5.32 Å². The lowest BCUT2D eigenvalue weighted by Gasteiger charge is -2.34. The molecule has 1 aromatic carbocycles. The van der Waals surface area contributed by atoms with Crippen molar-refractivity contribution < 1.29 is 18.0 Å². The molecule has 152 valence electrons. The molecule has 1 aliphatic rings. The van der Waals surface area contributed by atoms with Gasteiger partial charge in [-0.05, 0) is 31.0 Å². The average Bonchev–Trinajstić information content (AvgIpc) is 2.96. The van der Waals surface area contributed by atoms with E-state index in [0.717, 1.165) is 0 Å². The van der Waals surface area contributed by atoms with Crippen LogP contribution in [0.5, 0.6) is 0 Å². The van der Waals surface area contributed by atoms with Crippen molar-refractivity contribution in [3.05, 3.63) is 24.3 Å². The summed E-state index contributed by atoms with van der Waals surface area (Å²) < 4.78 is 23.0. The molecular weight excluding hydrogens is 392 g/mol. The van der Waals surface area contributed by atoms with Crippen molar-refractivity contribution in [2.45, 2.75) is 37.6 Å². The van der Waals surface area contributed by atoms with Gasteiger partial charge in [-0.25, -0.2) is 13.6 Å². The fraction of sp³-hybridized carbons (Fsp3) is 0.529. The monoisotopic (exact) mass is 418 g/mol. The number of carbonyl (C=O) groups excluding carboxylic acids is 2. The molecule has 2 unspecified atom stereocenters. The number of sulfonamides is 1. The van der Waals surface area contributed by atoms with Crippen LogP contribution in [0.4, 0.5) is 5.69 Å². The van der Waals surface area contributed by atoms with E-state index in [1.807, 2.05) is 20.8 Å². The molecule has 10 heteroatoms. The highest BCUT2D eigenvalue weighted by atomic mass is 35.5. The normalized spacial score (nSPS) is 19.6. The summed E-state index contributed by atoms with van der Waals surface area (Å²) in [5.74, 6) is -0.859. The molecular formula is C17H27ClN4O4S. The lowest BCUT2D eigenvalue weighted by molar-refractivity contribution is -0.128. The van der Waals surface area contributed by atoms with Gasteiger partial charge in [0.15, 0.2) is 0 Å². The van der Waals surface area contributed by atoms with Gasteiger partial charge in [-0.15, -0.1) is 12.4 Å². The lowest BCUT2D eigenvalue weighted by atomic mass is 9.87. The predicted octanol–water partition coefficient (Wildman–Crippen LogP) is 0.598. The van der Waals surface area contributed by atoms with Crippen molar-refractivity contribution >= 4 is 39.9 Å². The van der Waals surface area contributed by atoms with E-state index in [9.17, 15) is 18.0 Å². The van der Waals surface area contributed by atoms with Gasteiger partial charge < -0.3 is 16.0 Å². The van der Waals surface area contributed by atoms with Crippen LogP contribution in [0.25, 0.3) is 0 Å². The number of hydrogen-bond acceptors (Lipinski definition) is 5. The Morgan fingerprint density at radius 1 is 1.41 bits per heavy atom. The third kappa shape index (κ3) is 5.19. The highest BCUT2D eigenvalue weighted by Gasteiger charge is 2.38. The number of amides is 2. The molecule has 1 heterocycles. The maximum Gasteiger partial charge on any atom is 0.238 e. The van der Waals surface area contributed by atoms with Gasteiger partial charge in [0.2, 0.25) is 21.8 Å². The van der Waals surface area contributed by atoms with Crippen molar-refractivity contribution in [1.82, 2.24) is 5.32 Å². The number of nitrogens with zero attached hydrogens (tertiary/aromatic N) is 1. The number of rotatable bonds is 6. The average molecular weight is 419 g/mol. The van der Waals surface area contributed by atoms with E-state index in [4.69, 9.17) is 10.9 Å². The highest BCUT2D eigenvalue weighted by Crippen LogP contribution is 2.27. The van der Waals surface area contributed by atoms with Crippen LogP contribution in [0.2, 0.25) is 0 Å². The van der Waals surface area contributed by atoms with Gasteiger partial charge in [-0.1, -0.05) is 19.9 Å². The van der Waals surface area contributed by atoms with Gasteiger partial charge in [0.25, 0.3) is 0 Å². The summed E-state index contributed by atoms with van der Waals surface area (Å²) in [6, 6.07) is 5.83. The predicted molar refractivity (Wildman–Crippen MR) is 106 cm³/mol. The molecule has 1 aliphatic heterocycles. The van der Waals surface area contributed by atoms with Crippen molar-refractivity contribution in [3.63, 3.8) is 0 Å². The first kappa shape index (κ1) is 23.4. The minimum absolute atomic E-state index is 0. The molecule has 0 aromatic heterocycles. The standard InChI is InChI=1S/C17H26N4O4S.ClH/c1-11(2)17(3,10-18)20-16(23)12-7-15(22)21(9-12)13-5-4-6-14(8-13)26(19,24)25;/h4-6,8,11-12H,7,9-10,18H2,1-3H3,(H,20,23)(H2,19,24,25);1H. The number of carbonyl (C=O) groups is 2. The molecule has 8 nitrogen and oxygen atoms in total. The van der Waals surface area contributed by atoms with Crippen molar-refractivity contribution in [3.8, 4) is 0 Å². The fourth-order valence-electron chi connectivity index (χ4n) is 2.78. The summed E-state index contributed by atoms with van der Waals surface area (Å²) in [4.78, 5) is 26.3. The van der Waals surface area contributed by atoms with E-state index in [-0.39, 0.29) is 54.5 Å². The summed E-state index contributed by atoms with van der Waals surface area (Å²) in [6.45, 7) is 6.28. The number of anilines is 1. The molecule has 1 fully saturated rings. The number of nitrogens with two attached hydrogens (primary N) is 2. The Labute approximate surface area is 166 Å². The van der Waals surface area contributed by atoms with Crippen LogP contribution in [-0.4, -0.2) is 38.9 Å². The first-order chi connectivity index (χ1) is 12.0. The van der Waals surface area contributed by atoms with Crippen molar-refractivity contribution in [1.29, 1.82) is 0 Å². The number of hydrogen-bond donors (Lipinski definition) is 3. The third-order valence-electron chi connectivity index (χ3n) is 5.06. The van der Waals surface area contributed by atoms with Crippen molar-refractivity contribution in [2.24, 2.45) is 22.7 Å². The molecule has 1 saturated heterocycles. The summed E-state index contributed by atoms with van der Waals surface area (Å²) in [7, 11) is -3.87. The molecule has 0 saturated carbocycles. The Morgan fingerprint density at radius 2 is 2.04 bits per heavy atom. The summed E-state index contributed by atoms with van der Waals surface area (Å²) in [6.07, 6.45) is 0.0597. The molecule has 2 rings (SSSR count). The van der Waals surface area contributed by atoms with Crippen molar-refractivity contribution in [2.75, 3.05) is 18.0 Å². The van der Waals surface area contributed by atoms with Crippen LogP contribution in [0.15, 0.2) is 29.2 Å². The maximum atomic E-state index is 12.6.